The van der Waals surface area contributed by atoms with Crippen molar-refractivity contribution in [1.82, 2.24) is 0 Å². The Hall–Kier alpha value is -3.17. The molecule has 7 N–H and O–H groups in total. The third kappa shape index (κ3) is 277. The first-order valence-electron chi connectivity index (χ1n) is 12.5. The standard InChI is InChI=1S/C6H13NO3.C6H12.C5H12O2.C5H10O.CH3NO2.4CO2.2Al.2H2O.O.S2/c1-6(2,3)5(8)4-7(9)10;1-5-6(2,3)4;1-5(2,3)4(6)7;1-5(2,3)4-6;1-2(3)4;4*2-1-3;;;;;;1-2/h5,8H,4H2,1-3H3;5H,1H2,2-4H3;4,6-7H,1-3H3;4H,1-3H3;1H3;;;;;;;2*1H2;;. The molecule has 0 aromatic rings. The number of aliphatic hydroxyl groups excluding tert-OH is 2. The SMILES string of the molecule is C=CC(C)(C)C.CC(C)(C)C(O)C[N+](=O)[O-].CC(C)(C)C(O)O.CC(C)(C)C=O.C[N+](=O)[O-].O.O.O=C=O.O=C=O.O=C=O.O=C=O.S=S.[Al].[O]=[Al]. The molecular formula is C27H54Al2N2O19S2. The van der Waals surface area contributed by atoms with Gasteiger partial charge in [-0.1, -0.05) is 89.2 Å². The third-order valence-corrected chi connectivity index (χ3v) is 3.06. The van der Waals surface area contributed by atoms with E-state index in [-0.39, 0.29) is 70.3 Å². The molecule has 0 aliphatic rings. The van der Waals surface area contributed by atoms with E-state index in [1.54, 1.807) is 41.5 Å². The summed E-state index contributed by atoms with van der Waals surface area (Å²) in [4.78, 5) is 92.5. The van der Waals surface area contributed by atoms with Crippen LogP contribution in [0.15, 0.2) is 12.7 Å². The van der Waals surface area contributed by atoms with Gasteiger partial charge in [0.1, 0.15) is 12.4 Å². The molecule has 0 bridgehead atoms. The van der Waals surface area contributed by atoms with Crippen LogP contribution in [0.2, 0.25) is 0 Å². The number of aliphatic hydroxyl groups is 3. The van der Waals surface area contributed by atoms with Gasteiger partial charge in [-0.05, 0) is 10.8 Å². The molecule has 0 saturated carbocycles. The summed E-state index contributed by atoms with van der Waals surface area (Å²) in [5.41, 5.74) is -0.618. The van der Waals surface area contributed by atoms with Gasteiger partial charge in [0.2, 0.25) is 6.54 Å². The minimum absolute atomic E-state index is 0. The predicted octanol–water partition coefficient (Wildman–Crippen LogP) is -0.512. The zero-order valence-electron chi connectivity index (χ0n) is 31.6. The fraction of sp³-hybridized carbons (Fsp3) is 0.741. The van der Waals surface area contributed by atoms with Gasteiger partial charge in [0.15, 0.2) is 13.3 Å². The summed E-state index contributed by atoms with van der Waals surface area (Å²) in [6, 6.07) is 0. The van der Waals surface area contributed by atoms with Crippen LogP contribution in [-0.2, 0) is 69.3 Å². The molecule has 304 valence electrons. The van der Waals surface area contributed by atoms with Crippen molar-refractivity contribution in [3.8, 4) is 0 Å². The molecule has 52 heavy (non-hydrogen) atoms. The number of hydrogen-bond acceptors (Lipinski definition) is 19. The molecule has 0 rings (SSSR count). The number of rotatable bonds is 2. The van der Waals surface area contributed by atoms with Gasteiger partial charge in [-0.15, -0.1) is 6.58 Å². The van der Waals surface area contributed by atoms with Crippen LogP contribution >= 0.6 is 0 Å². The molecule has 0 amide bonds. The van der Waals surface area contributed by atoms with E-state index in [4.69, 9.17) is 67.6 Å². The van der Waals surface area contributed by atoms with Crippen LogP contribution in [0.5, 0.6) is 0 Å². The van der Waals surface area contributed by atoms with Gasteiger partial charge in [-0.25, -0.2) is 0 Å². The molecular weight excluding hydrogens is 774 g/mol. The van der Waals surface area contributed by atoms with Crippen molar-refractivity contribution in [3.63, 3.8) is 0 Å². The number of carbonyl (C=O) groups is 1. The molecule has 1 unspecified atom stereocenters. The van der Waals surface area contributed by atoms with E-state index in [9.17, 15) is 14.9 Å². The molecule has 0 heterocycles. The zero-order valence-corrected chi connectivity index (χ0v) is 35.6. The summed E-state index contributed by atoms with van der Waals surface area (Å²) in [5, 5.41) is 44.7. The molecule has 0 aliphatic heterocycles. The minimum atomic E-state index is -1.20. The van der Waals surface area contributed by atoms with Crippen LogP contribution in [0.4, 0.5) is 0 Å². The van der Waals surface area contributed by atoms with Gasteiger partial charge in [0.05, 0.1) is 0 Å². The van der Waals surface area contributed by atoms with Crippen LogP contribution in [0.1, 0.15) is 83.1 Å². The normalized spacial score (nSPS) is 8.38. The number of aldehydes is 1. The van der Waals surface area contributed by atoms with Crippen molar-refractivity contribution < 1.29 is 83.1 Å². The topological polar surface area (TPSA) is 381 Å². The average molecular weight is 829 g/mol. The van der Waals surface area contributed by atoms with Crippen molar-refractivity contribution in [2.24, 2.45) is 21.7 Å². The molecule has 0 aromatic heterocycles. The number of allylic oxidation sites excluding steroid dienone is 1. The summed E-state index contributed by atoms with van der Waals surface area (Å²) in [5.74, 6) is 0. The summed E-state index contributed by atoms with van der Waals surface area (Å²) < 4.78 is 8.17. The molecule has 4 radical (unpaired) electrons. The molecule has 25 heteroatoms. The van der Waals surface area contributed by atoms with Crippen molar-refractivity contribution in [3.05, 3.63) is 32.9 Å². The first-order chi connectivity index (χ1) is 21.8. The maximum atomic E-state index is 9.90. The monoisotopic (exact) mass is 828 g/mol. The van der Waals surface area contributed by atoms with Crippen molar-refractivity contribution in [2.75, 3.05) is 13.6 Å². The predicted molar refractivity (Wildman–Crippen MR) is 187 cm³/mol. The first kappa shape index (κ1) is 92.1. The van der Waals surface area contributed by atoms with Gasteiger partial charge in [-0.3, -0.25) is 20.2 Å². The van der Waals surface area contributed by atoms with Crippen LogP contribution in [0, 0.1) is 41.9 Å². The van der Waals surface area contributed by atoms with E-state index in [1.165, 1.54) is 16.2 Å². The van der Waals surface area contributed by atoms with Crippen LogP contribution < -0.4 is 0 Å². The molecule has 21 nitrogen and oxygen atoms in total. The second-order valence-corrected chi connectivity index (χ2v) is 12.0. The maximum absolute atomic E-state index is 9.90. The number of hydrogen-bond donors (Lipinski definition) is 3. The molecule has 0 aromatic carbocycles. The van der Waals surface area contributed by atoms with Gasteiger partial charge in [0.25, 0.3) is 0 Å². The van der Waals surface area contributed by atoms with E-state index in [0.717, 1.165) is 13.3 Å². The fourth-order valence-corrected chi connectivity index (χ4v) is 0.415. The summed E-state index contributed by atoms with van der Waals surface area (Å²) in [6.45, 7) is 25.8. The molecule has 0 spiro atoms. The average Bonchev–Trinajstić information content (AvgIpc) is 2.91. The van der Waals surface area contributed by atoms with Gasteiger partial charge in [0, 0.05) is 60.4 Å². The van der Waals surface area contributed by atoms with E-state index in [0.29, 0.717) is 5.41 Å². The molecule has 1 atom stereocenters. The number of carbonyl (C=O) groups excluding carboxylic acids is 9. The summed E-state index contributed by atoms with van der Waals surface area (Å²) >= 11 is 8.50. The second-order valence-electron chi connectivity index (χ2n) is 12.0. The zero-order chi connectivity index (χ0) is 43.3. The Balaban J connectivity index is -0.0000000263. The second kappa shape index (κ2) is 66.1. The van der Waals surface area contributed by atoms with Gasteiger partial charge in [-0.2, -0.15) is 38.4 Å². The van der Waals surface area contributed by atoms with Crippen LogP contribution in [-0.4, -0.2) is 127 Å². The van der Waals surface area contributed by atoms with Crippen molar-refractivity contribution >= 4 is 86.9 Å². The number of nitrogens with zero attached hydrogens (tertiary/aromatic N) is 2. The number of nitro groups is 2. The van der Waals surface area contributed by atoms with Gasteiger partial charge < -0.3 is 31.1 Å². The van der Waals surface area contributed by atoms with E-state index in [2.05, 4.69) is 49.7 Å². The summed E-state index contributed by atoms with van der Waals surface area (Å²) in [7, 11) is 0.889. The Bertz CT molecular complexity index is 852. The quantitative estimate of drug-likeness (QED) is 0.0787. The van der Waals surface area contributed by atoms with Crippen molar-refractivity contribution in [2.45, 2.75) is 95.5 Å². The van der Waals surface area contributed by atoms with Crippen LogP contribution in [0.3, 0.4) is 0 Å². The first-order valence-corrected chi connectivity index (χ1v) is 14.3. The molecule has 0 aliphatic carbocycles. The van der Waals surface area contributed by atoms with E-state index >= 15 is 0 Å². The van der Waals surface area contributed by atoms with Gasteiger partial charge >= 0.3 is 44.6 Å². The Morgan fingerprint density at radius 1 is 0.673 bits per heavy atom. The van der Waals surface area contributed by atoms with Crippen LogP contribution in [0.25, 0.3) is 0 Å². The van der Waals surface area contributed by atoms with E-state index < -0.39 is 27.7 Å². The van der Waals surface area contributed by atoms with Crippen molar-refractivity contribution in [1.29, 1.82) is 0 Å². The Morgan fingerprint density at radius 3 is 0.827 bits per heavy atom. The fourth-order valence-electron chi connectivity index (χ4n) is 0.415. The Labute approximate surface area is 332 Å². The Morgan fingerprint density at radius 2 is 0.808 bits per heavy atom. The van der Waals surface area contributed by atoms with E-state index in [1.807, 2.05) is 26.8 Å². The summed E-state index contributed by atoms with van der Waals surface area (Å²) in [6.07, 6.45) is 1.81. The Kier molecular flexibility index (Phi) is 117. The molecule has 0 saturated heterocycles. The third-order valence-electron chi connectivity index (χ3n) is 3.06. The molecule has 0 fully saturated rings.